The number of aromatic nitrogens is 4. The molecule has 2 atom stereocenters. The molecule has 0 amide bonds. The second-order valence-electron chi connectivity index (χ2n) is 6.78. The first-order valence-corrected chi connectivity index (χ1v) is 7.58. The van der Waals surface area contributed by atoms with Crippen LogP contribution in [0.2, 0.25) is 0 Å². The summed E-state index contributed by atoms with van der Waals surface area (Å²) in [7, 11) is 0. The van der Waals surface area contributed by atoms with Gasteiger partial charge in [-0.1, -0.05) is 6.92 Å². The van der Waals surface area contributed by atoms with Gasteiger partial charge < -0.3 is 5.11 Å². The van der Waals surface area contributed by atoms with Crippen molar-refractivity contribution in [3.63, 3.8) is 0 Å². The van der Waals surface area contributed by atoms with Crippen molar-refractivity contribution in [2.75, 3.05) is 0 Å². The number of carboxylic acid groups (broad SMARTS) is 1. The maximum Gasteiger partial charge on any atom is 0.356 e. The van der Waals surface area contributed by atoms with E-state index >= 15 is 0 Å². The van der Waals surface area contributed by atoms with Crippen LogP contribution < -0.4 is 0 Å². The molecule has 0 saturated heterocycles. The van der Waals surface area contributed by atoms with E-state index in [0.717, 1.165) is 41.9 Å². The van der Waals surface area contributed by atoms with E-state index in [9.17, 15) is 9.90 Å². The van der Waals surface area contributed by atoms with Crippen molar-refractivity contribution in [2.24, 2.45) is 0 Å². The zero-order valence-electron chi connectivity index (χ0n) is 12.9. The number of rotatable bonds is 2. The average molecular weight is 298 g/mol. The number of nitrogens with zero attached hydrogens (tertiary/aromatic N) is 4. The van der Waals surface area contributed by atoms with Gasteiger partial charge in [-0.3, -0.25) is 0 Å². The fraction of sp³-hybridized carbons (Fsp3) is 0.500. The summed E-state index contributed by atoms with van der Waals surface area (Å²) in [5.74, 6) is -0.170. The molecule has 2 bridgehead atoms. The van der Waals surface area contributed by atoms with Crippen molar-refractivity contribution in [3.8, 4) is 5.95 Å². The number of carbonyl (C=O) groups is 1. The van der Waals surface area contributed by atoms with Crippen molar-refractivity contribution in [1.82, 2.24) is 19.7 Å². The summed E-state index contributed by atoms with van der Waals surface area (Å²) in [4.78, 5) is 20.5. The van der Waals surface area contributed by atoms with Crippen LogP contribution in [0.3, 0.4) is 0 Å². The lowest BCUT2D eigenvalue weighted by molar-refractivity contribution is 0.0688. The van der Waals surface area contributed by atoms with E-state index in [4.69, 9.17) is 0 Å². The quantitative estimate of drug-likeness (QED) is 0.921. The van der Waals surface area contributed by atoms with E-state index in [-0.39, 0.29) is 11.1 Å². The second-order valence-corrected chi connectivity index (χ2v) is 6.78. The van der Waals surface area contributed by atoms with Gasteiger partial charge in [-0.15, -0.1) is 0 Å². The van der Waals surface area contributed by atoms with Gasteiger partial charge in [-0.2, -0.15) is 5.10 Å². The molecule has 1 fully saturated rings. The summed E-state index contributed by atoms with van der Waals surface area (Å²) in [5, 5.41) is 13.9. The van der Waals surface area contributed by atoms with Crippen molar-refractivity contribution in [2.45, 2.75) is 51.4 Å². The third-order valence-electron chi connectivity index (χ3n) is 5.01. The van der Waals surface area contributed by atoms with E-state index in [0.29, 0.717) is 11.9 Å². The summed E-state index contributed by atoms with van der Waals surface area (Å²) in [6.07, 6.45) is 3.12. The Labute approximate surface area is 128 Å². The number of fused-ring (bicyclic) bond motifs is 5. The predicted octanol–water partition coefficient (Wildman–Crippen LogP) is 2.52. The van der Waals surface area contributed by atoms with Gasteiger partial charge in [-0.05, 0) is 45.1 Å². The molecule has 6 nitrogen and oxygen atoms in total. The van der Waals surface area contributed by atoms with E-state index in [1.807, 2.05) is 19.9 Å². The minimum absolute atomic E-state index is 0.0122. The van der Waals surface area contributed by atoms with Gasteiger partial charge in [0.25, 0.3) is 5.95 Å². The Hall–Kier alpha value is -2.24. The van der Waals surface area contributed by atoms with Gasteiger partial charge in [0.05, 0.1) is 5.69 Å². The molecule has 0 radical (unpaired) electrons. The summed E-state index contributed by atoms with van der Waals surface area (Å²) >= 11 is 0. The monoisotopic (exact) mass is 298 g/mol. The van der Waals surface area contributed by atoms with E-state index < -0.39 is 5.97 Å². The van der Waals surface area contributed by atoms with E-state index in [1.165, 1.54) is 0 Å². The second kappa shape index (κ2) is 4.15. The Bertz CT molecular complexity index is 790. The summed E-state index contributed by atoms with van der Waals surface area (Å²) in [6.45, 7) is 6.02. The first-order valence-electron chi connectivity index (χ1n) is 7.58. The van der Waals surface area contributed by atoms with Gasteiger partial charge in [0, 0.05) is 22.4 Å². The Balaban J connectivity index is 2.01. The molecule has 4 rings (SSSR count). The topological polar surface area (TPSA) is 80.9 Å². The fourth-order valence-electron chi connectivity index (χ4n) is 4.20. The highest BCUT2D eigenvalue weighted by atomic mass is 16.4. The predicted molar refractivity (Wildman–Crippen MR) is 79.5 cm³/mol. The molecule has 114 valence electrons. The Morgan fingerprint density at radius 3 is 2.68 bits per heavy atom. The van der Waals surface area contributed by atoms with Crippen LogP contribution in [0.15, 0.2) is 6.07 Å². The fourth-order valence-corrected chi connectivity index (χ4v) is 4.20. The summed E-state index contributed by atoms with van der Waals surface area (Å²) in [6, 6.07) is 1.90. The first kappa shape index (κ1) is 13.4. The maximum absolute atomic E-state index is 11.6. The Morgan fingerprint density at radius 2 is 2.05 bits per heavy atom. The third-order valence-corrected chi connectivity index (χ3v) is 5.01. The van der Waals surface area contributed by atoms with Gasteiger partial charge in [0.2, 0.25) is 0 Å². The molecule has 2 aliphatic rings. The molecule has 0 unspecified atom stereocenters. The number of hydrogen-bond donors (Lipinski definition) is 1. The zero-order valence-corrected chi connectivity index (χ0v) is 12.9. The van der Waals surface area contributed by atoms with Crippen LogP contribution in [-0.2, 0) is 5.41 Å². The molecule has 0 spiro atoms. The van der Waals surface area contributed by atoms with Crippen molar-refractivity contribution < 1.29 is 9.90 Å². The zero-order chi connectivity index (χ0) is 15.6. The lowest BCUT2D eigenvalue weighted by Gasteiger charge is -2.23. The number of carboxylic acids is 1. The van der Waals surface area contributed by atoms with Crippen LogP contribution in [0.25, 0.3) is 5.95 Å². The molecule has 1 N–H and O–H groups in total. The molecule has 2 aromatic rings. The van der Waals surface area contributed by atoms with Crippen LogP contribution in [0.5, 0.6) is 0 Å². The number of aryl methyl sites for hydroxylation is 2. The van der Waals surface area contributed by atoms with E-state index in [1.54, 1.807) is 4.68 Å². The minimum Gasteiger partial charge on any atom is -0.476 e. The molecular weight excluding hydrogens is 280 g/mol. The smallest absolute Gasteiger partial charge is 0.356 e. The van der Waals surface area contributed by atoms with Gasteiger partial charge >= 0.3 is 5.97 Å². The van der Waals surface area contributed by atoms with Crippen LogP contribution in [0.1, 0.15) is 65.2 Å². The van der Waals surface area contributed by atoms with Crippen molar-refractivity contribution in [1.29, 1.82) is 0 Å². The highest BCUT2D eigenvalue weighted by Crippen LogP contribution is 2.58. The molecule has 0 aliphatic heterocycles. The molecule has 2 heterocycles. The third kappa shape index (κ3) is 1.66. The SMILES string of the molecule is Cc1cc(C)nc(-n2nc(C(=O)O)c3c2[C@]2(C)CC[C@H]3C2)n1. The first-order chi connectivity index (χ1) is 10.4. The summed E-state index contributed by atoms with van der Waals surface area (Å²) in [5.41, 5.74) is 3.79. The lowest BCUT2D eigenvalue weighted by atomic mass is 9.85. The van der Waals surface area contributed by atoms with Gasteiger partial charge in [-0.25, -0.2) is 19.4 Å². The molecule has 2 aliphatic carbocycles. The Kier molecular flexibility index (Phi) is 2.53. The standard InChI is InChI=1S/C16H18N4O2/c1-8-6-9(2)18-15(17-8)20-13-11(12(19-20)14(21)22)10-4-5-16(13,3)7-10/h6,10H,4-5,7H2,1-3H3,(H,21,22)/t10-,16+/m0/s1. The van der Waals surface area contributed by atoms with Crippen LogP contribution in [0, 0.1) is 13.8 Å². The largest absolute Gasteiger partial charge is 0.476 e. The average Bonchev–Trinajstić information content (AvgIpc) is 3.05. The highest BCUT2D eigenvalue weighted by molar-refractivity contribution is 5.88. The number of aromatic carboxylic acids is 1. The lowest BCUT2D eigenvalue weighted by Crippen LogP contribution is -2.22. The van der Waals surface area contributed by atoms with Crippen molar-refractivity contribution in [3.05, 3.63) is 34.4 Å². The number of hydrogen-bond acceptors (Lipinski definition) is 4. The molecule has 1 saturated carbocycles. The molecular formula is C16H18N4O2. The molecule has 2 aromatic heterocycles. The normalized spacial score (nSPS) is 25.5. The minimum atomic E-state index is -0.962. The summed E-state index contributed by atoms with van der Waals surface area (Å²) < 4.78 is 1.68. The van der Waals surface area contributed by atoms with E-state index in [2.05, 4.69) is 22.0 Å². The molecule has 6 heteroatoms. The van der Waals surface area contributed by atoms with Crippen LogP contribution in [-0.4, -0.2) is 30.8 Å². The van der Waals surface area contributed by atoms with Crippen LogP contribution >= 0.6 is 0 Å². The van der Waals surface area contributed by atoms with Crippen LogP contribution in [0.4, 0.5) is 0 Å². The van der Waals surface area contributed by atoms with Crippen molar-refractivity contribution >= 4 is 5.97 Å². The van der Waals surface area contributed by atoms with Gasteiger partial charge in [0.15, 0.2) is 5.69 Å². The molecule has 0 aromatic carbocycles. The molecule has 22 heavy (non-hydrogen) atoms. The van der Waals surface area contributed by atoms with Gasteiger partial charge in [0.1, 0.15) is 0 Å². The maximum atomic E-state index is 11.6. The Morgan fingerprint density at radius 1 is 1.36 bits per heavy atom. The highest BCUT2D eigenvalue weighted by Gasteiger charge is 2.51.